The van der Waals surface area contributed by atoms with E-state index < -0.39 is 0 Å². The Hall–Kier alpha value is -1.15. The monoisotopic (exact) mass is 288 g/mol. The SMILES string of the molecule is CC(C)(C)c1cc(C2CC(=O)CCO2)cc(C(C)(C)C)c1. The maximum atomic E-state index is 11.7. The number of hydrogen-bond acceptors (Lipinski definition) is 2. The van der Waals surface area contributed by atoms with Crippen LogP contribution >= 0.6 is 0 Å². The highest BCUT2D eigenvalue weighted by Gasteiger charge is 2.26. The van der Waals surface area contributed by atoms with E-state index in [0.29, 0.717) is 25.2 Å². The fraction of sp³-hybridized carbons (Fsp3) is 0.632. The molecule has 1 aliphatic heterocycles. The van der Waals surface area contributed by atoms with E-state index in [0.717, 1.165) is 5.56 Å². The number of hydrogen-bond donors (Lipinski definition) is 0. The zero-order valence-electron chi connectivity index (χ0n) is 14.2. The topological polar surface area (TPSA) is 26.3 Å². The van der Waals surface area contributed by atoms with Crippen LogP contribution in [0.25, 0.3) is 0 Å². The van der Waals surface area contributed by atoms with Crippen LogP contribution in [0.1, 0.15) is 77.2 Å². The summed E-state index contributed by atoms with van der Waals surface area (Å²) < 4.78 is 5.85. The number of carbonyl (C=O) groups excluding carboxylic acids is 1. The van der Waals surface area contributed by atoms with Crippen LogP contribution in [0.15, 0.2) is 18.2 Å². The van der Waals surface area contributed by atoms with Crippen molar-refractivity contribution < 1.29 is 9.53 Å². The van der Waals surface area contributed by atoms with Gasteiger partial charge in [-0.3, -0.25) is 4.79 Å². The van der Waals surface area contributed by atoms with Crippen LogP contribution in [0, 0.1) is 0 Å². The standard InChI is InChI=1S/C19H28O2/c1-18(2,3)14-9-13(10-15(11-14)19(4,5)6)17-12-16(20)7-8-21-17/h9-11,17H,7-8,12H2,1-6H3. The van der Waals surface area contributed by atoms with E-state index >= 15 is 0 Å². The molecule has 21 heavy (non-hydrogen) atoms. The molecule has 0 amide bonds. The van der Waals surface area contributed by atoms with E-state index in [1.54, 1.807) is 0 Å². The van der Waals surface area contributed by atoms with Gasteiger partial charge in [0.1, 0.15) is 5.78 Å². The minimum atomic E-state index is -0.0744. The van der Waals surface area contributed by atoms with Crippen LogP contribution in [0.3, 0.4) is 0 Å². The molecule has 0 aromatic heterocycles. The van der Waals surface area contributed by atoms with Gasteiger partial charge in [-0.2, -0.15) is 0 Å². The first kappa shape index (κ1) is 16.2. The maximum Gasteiger partial charge on any atom is 0.138 e. The lowest BCUT2D eigenvalue weighted by Crippen LogP contribution is -2.22. The molecule has 2 rings (SSSR count). The summed E-state index contributed by atoms with van der Waals surface area (Å²) in [6, 6.07) is 6.74. The Morgan fingerprint density at radius 1 is 0.952 bits per heavy atom. The summed E-state index contributed by atoms with van der Waals surface area (Å²) >= 11 is 0. The molecule has 1 aliphatic rings. The Morgan fingerprint density at radius 3 is 1.90 bits per heavy atom. The van der Waals surface area contributed by atoms with Gasteiger partial charge >= 0.3 is 0 Å². The smallest absolute Gasteiger partial charge is 0.138 e. The number of carbonyl (C=O) groups is 1. The summed E-state index contributed by atoms with van der Waals surface area (Å²) in [5.41, 5.74) is 3.96. The number of ketones is 1. The van der Waals surface area contributed by atoms with Crippen LogP contribution in [0.4, 0.5) is 0 Å². The van der Waals surface area contributed by atoms with E-state index in [9.17, 15) is 4.79 Å². The Labute approximate surface area is 128 Å². The van der Waals surface area contributed by atoms with Crippen molar-refractivity contribution in [1.29, 1.82) is 0 Å². The number of rotatable bonds is 1. The zero-order chi connectivity index (χ0) is 15.8. The summed E-state index contributed by atoms with van der Waals surface area (Å²) in [6.07, 6.45) is 0.994. The second kappa shape index (κ2) is 5.57. The predicted octanol–water partition coefficient (Wildman–Crippen LogP) is 4.70. The molecule has 0 spiro atoms. The molecule has 1 fully saturated rings. The molecule has 2 nitrogen and oxygen atoms in total. The molecule has 1 unspecified atom stereocenters. The van der Waals surface area contributed by atoms with Gasteiger partial charge < -0.3 is 4.74 Å². The van der Waals surface area contributed by atoms with Gasteiger partial charge in [-0.25, -0.2) is 0 Å². The maximum absolute atomic E-state index is 11.7. The second-order valence-electron chi connectivity index (χ2n) is 8.20. The molecule has 116 valence electrons. The van der Waals surface area contributed by atoms with Crippen LogP contribution in [0.2, 0.25) is 0 Å². The summed E-state index contributed by atoms with van der Waals surface area (Å²) in [5.74, 6) is 0.310. The quantitative estimate of drug-likeness (QED) is 0.748. The average molecular weight is 288 g/mol. The molecule has 0 aliphatic carbocycles. The minimum Gasteiger partial charge on any atom is -0.373 e. The van der Waals surface area contributed by atoms with Crippen molar-refractivity contribution in [3.8, 4) is 0 Å². The predicted molar refractivity (Wildman–Crippen MR) is 86.8 cm³/mol. The van der Waals surface area contributed by atoms with Crippen molar-refractivity contribution in [2.45, 2.75) is 71.3 Å². The van der Waals surface area contributed by atoms with Crippen molar-refractivity contribution in [2.75, 3.05) is 6.61 Å². The van der Waals surface area contributed by atoms with E-state index in [2.05, 4.69) is 59.7 Å². The van der Waals surface area contributed by atoms with Crippen LogP contribution in [-0.2, 0) is 20.4 Å². The molecule has 1 aromatic carbocycles. The van der Waals surface area contributed by atoms with Crippen LogP contribution < -0.4 is 0 Å². The number of benzene rings is 1. The third-order valence-electron chi connectivity index (χ3n) is 4.17. The molecule has 2 heteroatoms. The van der Waals surface area contributed by atoms with Crippen molar-refractivity contribution >= 4 is 5.78 Å². The molecule has 1 heterocycles. The molecule has 0 saturated carbocycles. The van der Waals surface area contributed by atoms with Gasteiger partial charge in [-0.05, 0) is 27.5 Å². The highest BCUT2D eigenvalue weighted by Crippen LogP contribution is 2.35. The molecular formula is C19H28O2. The van der Waals surface area contributed by atoms with Gasteiger partial charge in [0.05, 0.1) is 12.7 Å². The average Bonchev–Trinajstić information content (AvgIpc) is 2.36. The lowest BCUT2D eigenvalue weighted by Gasteiger charge is -2.29. The van der Waals surface area contributed by atoms with Gasteiger partial charge in [0, 0.05) is 12.8 Å². The van der Waals surface area contributed by atoms with Gasteiger partial charge in [0.2, 0.25) is 0 Å². The molecule has 0 radical (unpaired) electrons. The summed E-state index contributed by atoms with van der Waals surface area (Å²) in [6.45, 7) is 13.9. The highest BCUT2D eigenvalue weighted by molar-refractivity contribution is 5.79. The zero-order valence-corrected chi connectivity index (χ0v) is 14.2. The second-order valence-corrected chi connectivity index (χ2v) is 8.20. The van der Waals surface area contributed by atoms with Crippen LogP contribution in [0.5, 0.6) is 0 Å². The Balaban J connectivity index is 2.47. The lowest BCUT2D eigenvalue weighted by molar-refractivity contribution is -0.128. The Morgan fingerprint density at radius 2 is 1.48 bits per heavy atom. The normalized spacial score (nSPS) is 20.7. The van der Waals surface area contributed by atoms with E-state index in [4.69, 9.17) is 4.74 Å². The Bertz CT molecular complexity index is 497. The van der Waals surface area contributed by atoms with Crippen LogP contribution in [-0.4, -0.2) is 12.4 Å². The van der Waals surface area contributed by atoms with Crippen molar-refractivity contribution in [3.63, 3.8) is 0 Å². The molecular weight excluding hydrogens is 260 g/mol. The fourth-order valence-corrected chi connectivity index (χ4v) is 2.60. The van der Waals surface area contributed by atoms with E-state index in [1.807, 2.05) is 0 Å². The van der Waals surface area contributed by atoms with Gasteiger partial charge in [-0.1, -0.05) is 59.7 Å². The first-order chi connectivity index (χ1) is 9.57. The molecule has 0 bridgehead atoms. The first-order valence-electron chi connectivity index (χ1n) is 7.86. The van der Waals surface area contributed by atoms with Gasteiger partial charge in [0.15, 0.2) is 0 Å². The molecule has 1 atom stereocenters. The minimum absolute atomic E-state index is 0.0744. The molecule has 0 N–H and O–H groups in total. The van der Waals surface area contributed by atoms with E-state index in [-0.39, 0.29) is 16.9 Å². The van der Waals surface area contributed by atoms with E-state index in [1.165, 1.54) is 11.1 Å². The van der Waals surface area contributed by atoms with Crippen molar-refractivity contribution in [1.82, 2.24) is 0 Å². The summed E-state index contributed by atoms with van der Waals surface area (Å²) in [4.78, 5) is 11.7. The van der Waals surface area contributed by atoms with Gasteiger partial charge in [-0.15, -0.1) is 0 Å². The third kappa shape index (κ3) is 3.94. The fourth-order valence-electron chi connectivity index (χ4n) is 2.60. The molecule has 1 saturated heterocycles. The highest BCUT2D eigenvalue weighted by atomic mass is 16.5. The Kier molecular flexibility index (Phi) is 4.30. The molecule has 1 aromatic rings. The third-order valence-corrected chi connectivity index (χ3v) is 4.17. The largest absolute Gasteiger partial charge is 0.373 e. The van der Waals surface area contributed by atoms with Gasteiger partial charge in [0.25, 0.3) is 0 Å². The first-order valence-corrected chi connectivity index (χ1v) is 7.86. The van der Waals surface area contributed by atoms with Crippen molar-refractivity contribution in [3.05, 3.63) is 34.9 Å². The number of Topliss-reactive ketones (excluding diaryl/α,β-unsaturated/α-hetero) is 1. The summed E-state index contributed by atoms with van der Waals surface area (Å²) in [7, 11) is 0. The lowest BCUT2D eigenvalue weighted by atomic mass is 9.78. The summed E-state index contributed by atoms with van der Waals surface area (Å²) in [5, 5.41) is 0. The van der Waals surface area contributed by atoms with Crippen molar-refractivity contribution in [2.24, 2.45) is 0 Å². The number of ether oxygens (including phenoxy) is 1.